The quantitative estimate of drug-likeness (QED) is 0.232. The largest absolute Gasteiger partial charge is 0.496 e. The molecule has 6 rings (SSSR count). The van der Waals surface area contributed by atoms with Crippen molar-refractivity contribution in [2.24, 2.45) is 29.1 Å². The van der Waals surface area contributed by atoms with Gasteiger partial charge in [-0.3, -0.25) is 14.4 Å². The van der Waals surface area contributed by atoms with Gasteiger partial charge >= 0.3 is 0 Å². The molecule has 4 fully saturated rings. The maximum atomic E-state index is 14.2. The number of anilines is 1. The van der Waals surface area contributed by atoms with Gasteiger partial charge in [0.25, 0.3) is 5.91 Å². The van der Waals surface area contributed by atoms with Gasteiger partial charge in [-0.15, -0.1) is 0 Å². The number of aliphatic hydroxyl groups is 2. The summed E-state index contributed by atoms with van der Waals surface area (Å²) in [6.07, 6.45) is 0.502. The number of amides is 2. The second-order valence-electron chi connectivity index (χ2n) is 15.9. The lowest BCUT2D eigenvalue weighted by Gasteiger charge is -2.62. The molecule has 2 bridgehead atoms. The Labute approximate surface area is 299 Å². The summed E-state index contributed by atoms with van der Waals surface area (Å²) in [5.74, 6) is 1.10. The van der Waals surface area contributed by atoms with Crippen molar-refractivity contribution in [3.63, 3.8) is 0 Å². The van der Waals surface area contributed by atoms with E-state index in [0.29, 0.717) is 35.6 Å². The summed E-state index contributed by atoms with van der Waals surface area (Å²) in [7, 11) is 11.4. The van der Waals surface area contributed by atoms with E-state index in [9.17, 15) is 19.8 Å². The third-order valence-electron chi connectivity index (χ3n) is 12.0. The van der Waals surface area contributed by atoms with Crippen molar-refractivity contribution >= 4 is 30.8 Å². The Morgan fingerprint density at radius 3 is 2.48 bits per heavy atom. The van der Waals surface area contributed by atoms with E-state index in [1.54, 1.807) is 19.1 Å². The van der Waals surface area contributed by atoms with E-state index in [4.69, 9.17) is 9.57 Å². The molecule has 12 heteroatoms. The number of rotatable bonds is 13. The van der Waals surface area contributed by atoms with E-state index in [2.05, 4.69) is 37.5 Å². The molecule has 50 heavy (non-hydrogen) atoms. The van der Waals surface area contributed by atoms with Crippen LogP contribution >= 0.6 is 0 Å². The highest BCUT2D eigenvalue weighted by atomic mass is 16.7. The van der Waals surface area contributed by atoms with Gasteiger partial charge in [0.05, 0.1) is 26.4 Å². The number of nitrogens with zero attached hydrogens (tertiary/aromatic N) is 3. The van der Waals surface area contributed by atoms with Crippen LogP contribution in [-0.4, -0.2) is 119 Å². The van der Waals surface area contributed by atoms with E-state index in [1.165, 1.54) is 6.42 Å². The highest BCUT2D eigenvalue weighted by molar-refractivity contribution is 6.40. The van der Waals surface area contributed by atoms with Crippen LogP contribution in [0.4, 0.5) is 5.69 Å². The van der Waals surface area contributed by atoms with Crippen molar-refractivity contribution in [1.29, 1.82) is 0 Å². The number of fused-ring (bicyclic) bond motifs is 2. The molecular weight excluding hydrogens is 633 g/mol. The molecule has 1 saturated heterocycles. The number of methoxy groups -OCH3 is 1. The maximum absolute atomic E-state index is 14.2. The molecule has 2 aromatic rings. The molecule has 3 aliphatic carbocycles. The Hall–Kier alpha value is -3.16. The molecular formula is C38H58BN5O6. The molecule has 0 aromatic heterocycles. The van der Waals surface area contributed by atoms with Crippen LogP contribution in [-0.2, 0) is 16.2 Å². The van der Waals surface area contributed by atoms with Crippen LogP contribution in [0.25, 0.3) is 11.1 Å². The normalized spacial score (nSPS) is 27.8. The number of carbonyl (C=O) groups is 2. The number of carbonyl (C=O) groups excluding carboxylic acids is 2. The van der Waals surface area contributed by atoms with Gasteiger partial charge in [-0.2, -0.15) is 5.06 Å². The molecule has 0 spiro atoms. The van der Waals surface area contributed by atoms with Crippen LogP contribution in [0.1, 0.15) is 56.5 Å². The Morgan fingerprint density at radius 1 is 1.18 bits per heavy atom. The average Bonchev–Trinajstić information content (AvgIpc) is 3.43. The first-order valence-corrected chi connectivity index (χ1v) is 18.0. The number of aliphatic hydroxyl groups excluding tert-OH is 2. The number of nitrogens with one attached hydrogen (secondary N) is 2. The number of likely N-dealkylation sites (N-methyl/N-ethyl adjacent to an activating group) is 1. The SMILES string of the molecule is Bc1c(C(=O)NCCN(C)C)cc(-c2cccc(CN3O[C@@H](CO)[C@@H]([C@H](C)O)[C@H]3C(=O)N[C@H]3C[C@H]4C[C@@H]([C@@H]3C)C4(C)C)c2OC)cc1N(C)C. The fraction of sp³-hybridized carbons (Fsp3) is 0.632. The zero-order chi connectivity index (χ0) is 36.7. The number of para-hydroxylation sites is 1. The standard InChI is InChI=1S/C38H58BN5O6/c1-21-28-17-25(38(28,3)4)18-29(21)41-37(48)34-32(22(2)46)31(20-45)50-44(34)19-23-11-10-12-26(35(23)49-9)24-15-27(33(39)30(16-24)43(7)8)36(47)40-13-14-42(5)6/h10-12,15-16,21-22,25,28-29,31-32,34,45-46H,13-14,17-20,39H2,1-9H3,(H,40,47)(H,41,48)/t21-,22-,25+,28-,29-,31-,32+,34-/m0/s1. The number of hydroxylamine groups is 2. The minimum atomic E-state index is -0.892. The minimum absolute atomic E-state index is 0.0449. The van der Waals surface area contributed by atoms with E-state index < -0.39 is 24.2 Å². The molecule has 2 aromatic carbocycles. The van der Waals surface area contributed by atoms with Crippen LogP contribution in [0.15, 0.2) is 30.3 Å². The van der Waals surface area contributed by atoms with Crippen LogP contribution in [0.3, 0.4) is 0 Å². The van der Waals surface area contributed by atoms with E-state index in [-0.39, 0.29) is 36.4 Å². The van der Waals surface area contributed by atoms with E-state index in [0.717, 1.165) is 40.8 Å². The van der Waals surface area contributed by atoms with Crippen LogP contribution in [0, 0.1) is 29.1 Å². The first-order valence-electron chi connectivity index (χ1n) is 18.0. The van der Waals surface area contributed by atoms with Gasteiger partial charge in [-0.25, -0.2) is 0 Å². The number of hydrogen-bond acceptors (Lipinski definition) is 9. The Bertz CT molecular complexity index is 1550. The van der Waals surface area contributed by atoms with Crippen molar-refractivity contribution in [2.45, 2.75) is 71.4 Å². The van der Waals surface area contributed by atoms with Crippen molar-refractivity contribution in [2.75, 3.05) is 59.9 Å². The van der Waals surface area contributed by atoms with Crippen molar-refractivity contribution < 1.29 is 29.4 Å². The zero-order valence-electron chi connectivity index (χ0n) is 31.6. The topological polar surface area (TPSA) is 127 Å². The highest BCUT2D eigenvalue weighted by Gasteiger charge is 2.57. The summed E-state index contributed by atoms with van der Waals surface area (Å²) < 4.78 is 6.06. The summed E-state index contributed by atoms with van der Waals surface area (Å²) in [4.78, 5) is 37.9. The molecule has 3 saturated carbocycles. The molecule has 4 aliphatic rings. The molecule has 4 N–H and O–H groups in total. The molecule has 0 radical (unpaired) electrons. The fourth-order valence-electron chi connectivity index (χ4n) is 8.87. The molecule has 1 heterocycles. The van der Waals surface area contributed by atoms with Crippen molar-refractivity contribution in [1.82, 2.24) is 20.6 Å². The summed E-state index contributed by atoms with van der Waals surface area (Å²) in [6.45, 7) is 9.66. The van der Waals surface area contributed by atoms with Crippen LogP contribution in [0.2, 0.25) is 0 Å². The van der Waals surface area contributed by atoms with Crippen LogP contribution in [0.5, 0.6) is 5.75 Å². The van der Waals surface area contributed by atoms with E-state index in [1.807, 2.05) is 70.1 Å². The van der Waals surface area contributed by atoms with Gasteiger partial charge in [-0.1, -0.05) is 44.4 Å². The third-order valence-corrected chi connectivity index (χ3v) is 12.0. The number of ether oxygens (including phenoxy) is 1. The summed E-state index contributed by atoms with van der Waals surface area (Å²) in [5.41, 5.74) is 5.04. The van der Waals surface area contributed by atoms with Gasteiger partial charge in [-0.05, 0) is 74.7 Å². The Kier molecular flexibility index (Phi) is 11.6. The summed E-state index contributed by atoms with van der Waals surface area (Å²) in [6, 6.07) is 9.00. The predicted octanol–water partition coefficient (Wildman–Crippen LogP) is 1.64. The van der Waals surface area contributed by atoms with Crippen LogP contribution < -0.4 is 25.7 Å². The minimum Gasteiger partial charge on any atom is -0.496 e. The molecule has 0 unspecified atom stereocenters. The molecule has 11 nitrogen and oxygen atoms in total. The summed E-state index contributed by atoms with van der Waals surface area (Å²) >= 11 is 0. The van der Waals surface area contributed by atoms with Crippen molar-refractivity contribution in [3.05, 3.63) is 41.5 Å². The number of hydrogen-bond donors (Lipinski definition) is 4. The third kappa shape index (κ3) is 7.28. The molecule has 8 atom stereocenters. The van der Waals surface area contributed by atoms with Gasteiger partial charge < -0.3 is 35.4 Å². The monoisotopic (exact) mass is 691 g/mol. The van der Waals surface area contributed by atoms with Gasteiger partial charge in [0.2, 0.25) is 5.91 Å². The van der Waals surface area contributed by atoms with Gasteiger partial charge in [0, 0.05) is 61.5 Å². The molecule has 274 valence electrons. The lowest BCUT2D eigenvalue weighted by Crippen LogP contribution is -2.62. The number of benzene rings is 2. The lowest BCUT2D eigenvalue weighted by atomic mass is 9.45. The lowest BCUT2D eigenvalue weighted by molar-refractivity contribution is -0.183. The Morgan fingerprint density at radius 2 is 1.90 bits per heavy atom. The maximum Gasteiger partial charge on any atom is 0.250 e. The Balaban J connectivity index is 1.46. The van der Waals surface area contributed by atoms with E-state index >= 15 is 0 Å². The summed E-state index contributed by atoms with van der Waals surface area (Å²) in [5, 5.41) is 29.2. The average molecular weight is 692 g/mol. The molecule has 1 aliphatic heterocycles. The molecule has 2 amide bonds. The second-order valence-corrected chi connectivity index (χ2v) is 15.9. The highest BCUT2D eigenvalue weighted by Crippen LogP contribution is 2.61. The smallest absolute Gasteiger partial charge is 0.250 e. The van der Waals surface area contributed by atoms with Gasteiger partial charge in [0.15, 0.2) is 0 Å². The first kappa shape index (κ1) is 38.1. The first-order chi connectivity index (χ1) is 23.6. The predicted molar refractivity (Wildman–Crippen MR) is 199 cm³/mol. The second kappa shape index (κ2) is 15.2. The zero-order valence-corrected chi connectivity index (χ0v) is 31.6. The van der Waals surface area contributed by atoms with Crippen molar-refractivity contribution in [3.8, 4) is 16.9 Å². The fourth-order valence-corrected chi connectivity index (χ4v) is 8.87. The van der Waals surface area contributed by atoms with Gasteiger partial charge in [0.1, 0.15) is 25.7 Å².